The van der Waals surface area contributed by atoms with E-state index in [1.165, 1.54) is 10.7 Å². The molecule has 8 nitrogen and oxygen atoms in total. The largest absolute Gasteiger partial charge is 0.444 e. The molecule has 1 aliphatic rings. The Morgan fingerprint density at radius 3 is 2.62 bits per heavy atom. The summed E-state index contributed by atoms with van der Waals surface area (Å²) in [6.45, 7) is 5.38. The van der Waals surface area contributed by atoms with Crippen LogP contribution in [0.4, 0.5) is 13.6 Å². The van der Waals surface area contributed by atoms with Crippen LogP contribution in [0.25, 0.3) is 5.65 Å². The molecule has 1 fully saturated rings. The number of alkyl halides is 2. The van der Waals surface area contributed by atoms with Gasteiger partial charge in [-0.25, -0.2) is 14.3 Å². The molecule has 1 aliphatic carbocycles. The number of carbonyl (C=O) groups excluding carboxylic acids is 2. The topological polar surface area (TPSA) is 97.6 Å². The van der Waals surface area contributed by atoms with Gasteiger partial charge in [-0.2, -0.15) is 13.9 Å². The van der Waals surface area contributed by atoms with E-state index in [1.54, 1.807) is 33.0 Å². The van der Waals surface area contributed by atoms with Crippen molar-refractivity contribution >= 4 is 17.6 Å². The van der Waals surface area contributed by atoms with Crippen LogP contribution in [0.1, 0.15) is 51.3 Å². The molecule has 0 spiro atoms. The van der Waals surface area contributed by atoms with Gasteiger partial charge in [0, 0.05) is 13.0 Å². The van der Waals surface area contributed by atoms with Crippen molar-refractivity contribution in [3.8, 4) is 0 Å². The van der Waals surface area contributed by atoms with Crippen molar-refractivity contribution < 1.29 is 23.1 Å². The van der Waals surface area contributed by atoms with E-state index in [4.69, 9.17) is 4.74 Å². The van der Waals surface area contributed by atoms with Gasteiger partial charge in [-0.15, -0.1) is 0 Å². The molecular formula is C19H25F2N5O3. The van der Waals surface area contributed by atoms with E-state index in [0.29, 0.717) is 16.9 Å². The Balaban J connectivity index is 1.56. The molecule has 29 heavy (non-hydrogen) atoms. The van der Waals surface area contributed by atoms with E-state index in [-0.39, 0.29) is 19.0 Å². The number of aromatic nitrogens is 3. The molecule has 0 saturated heterocycles. The van der Waals surface area contributed by atoms with Crippen molar-refractivity contribution in [1.82, 2.24) is 25.2 Å². The second kappa shape index (κ2) is 7.92. The molecule has 158 valence electrons. The third-order valence-electron chi connectivity index (χ3n) is 4.27. The summed E-state index contributed by atoms with van der Waals surface area (Å²) in [5.41, 5.74) is 0.979. The molecule has 0 aliphatic heterocycles. The van der Waals surface area contributed by atoms with E-state index in [1.807, 2.05) is 0 Å². The summed E-state index contributed by atoms with van der Waals surface area (Å²) in [6, 6.07) is 1.64. The number of ether oxygens (including phenoxy) is 1. The Bertz CT molecular complexity index is 903. The lowest BCUT2D eigenvalue weighted by Gasteiger charge is -2.19. The molecular weight excluding hydrogens is 384 g/mol. The van der Waals surface area contributed by atoms with Crippen LogP contribution in [-0.4, -0.2) is 38.1 Å². The average molecular weight is 409 g/mol. The summed E-state index contributed by atoms with van der Waals surface area (Å²) < 4.78 is 34.3. The number of fused-ring (bicyclic) bond motifs is 1. The fourth-order valence-electron chi connectivity index (χ4n) is 2.71. The van der Waals surface area contributed by atoms with E-state index in [0.717, 1.165) is 12.8 Å². The van der Waals surface area contributed by atoms with Gasteiger partial charge in [-0.05, 0) is 51.2 Å². The Hall–Kier alpha value is -2.78. The van der Waals surface area contributed by atoms with E-state index < -0.39 is 29.9 Å². The van der Waals surface area contributed by atoms with Crippen LogP contribution in [0.5, 0.6) is 0 Å². The van der Waals surface area contributed by atoms with E-state index in [2.05, 4.69) is 20.7 Å². The second-order valence-corrected chi connectivity index (χ2v) is 8.29. The summed E-state index contributed by atoms with van der Waals surface area (Å²) in [5, 5.41) is 9.03. The normalized spacial score (nSPS) is 14.7. The monoisotopic (exact) mass is 409 g/mol. The molecule has 10 heteroatoms. The average Bonchev–Trinajstić information content (AvgIpc) is 3.31. The highest BCUT2D eigenvalue weighted by molar-refractivity contribution is 5.83. The van der Waals surface area contributed by atoms with Gasteiger partial charge in [0.1, 0.15) is 5.60 Å². The van der Waals surface area contributed by atoms with Gasteiger partial charge >= 0.3 is 12.0 Å². The summed E-state index contributed by atoms with van der Waals surface area (Å²) >= 11 is 0. The number of nitrogens with zero attached hydrogens (tertiary/aromatic N) is 3. The molecule has 2 aromatic rings. The Morgan fingerprint density at radius 2 is 1.97 bits per heavy atom. The van der Waals surface area contributed by atoms with Gasteiger partial charge in [-0.3, -0.25) is 4.79 Å². The highest BCUT2D eigenvalue weighted by Gasteiger charge is 2.43. The lowest BCUT2D eigenvalue weighted by molar-refractivity contribution is -0.147. The minimum Gasteiger partial charge on any atom is -0.444 e. The van der Waals surface area contributed by atoms with Gasteiger partial charge in [0.15, 0.2) is 5.65 Å². The predicted molar refractivity (Wildman–Crippen MR) is 100 cm³/mol. The SMILES string of the molecule is CC(C)(C)OC(=O)NCc1cn2ncc(CNC(=O)C(F)(F)CC3CC3)cc2n1. The Kier molecular flexibility index (Phi) is 5.72. The fraction of sp³-hybridized carbons (Fsp3) is 0.579. The van der Waals surface area contributed by atoms with Crippen LogP contribution >= 0.6 is 0 Å². The molecule has 2 N–H and O–H groups in total. The van der Waals surface area contributed by atoms with Crippen LogP contribution in [0.15, 0.2) is 18.5 Å². The van der Waals surface area contributed by atoms with E-state index >= 15 is 0 Å². The summed E-state index contributed by atoms with van der Waals surface area (Å²) in [5.74, 6) is -4.67. The molecule has 0 atom stereocenters. The standard InChI is InChI=1S/C19H25F2N5O3/c1-18(2,3)29-17(28)23-10-14-11-26-15(25-14)6-13(9-24-26)8-22-16(27)19(20,21)7-12-4-5-12/h6,9,11-12H,4-5,7-8,10H2,1-3H3,(H,22,27)(H,23,28). The third kappa shape index (κ3) is 6.10. The maximum atomic E-state index is 13.8. The molecule has 3 rings (SSSR count). The number of rotatable bonds is 7. The van der Waals surface area contributed by atoms with Crippen LogP contribution in [0, 0.1) is 5.92 Å². The zero-order valence-electron chi connectivity index (χ0n) is 16.7. The van der Waals surface area contributed by atoms with Crippen molar-refractivity contribution in [3.63, 3.8) is 0 Å². The maximum Gasteiger partial charge on any atom is 0.407 e. The van der Waals surface area contributed by atoms with Gasteiger partial charge in [0.25, 0.3) is 5.91 Å². The molecule has 2 heterocycles. The quantitative estimate of drug-likeness (QED) is 0.733. The minimum absolute atomic E-state index is 0.0496. The van der Waals surface area contributed by atoms with Crippen LogP contribution in [0.2, 0.25) is 0 Å². The lowest BCUT2D eigenvalue weighted by Crippen LogP contribution is -2.40. The van der Waals surface area contributed by atoms with E-state index in [9.17, 15) is 18.4 Å². The fourth-order valence-corrected chi connectivity index (χ4v) is 2.71. The van der Waals surface area contributed by atoms with Gasteiger partial charge in [0.05, 0.1) is 24.6 Å². The van der Waals surface area contributed by atoms with Gasteiger partial charge in [-0.1, -0.05) is 0 Å². The molecule has 0 radical (unpaired) electrons. The number of carbonyl (C=O) groups is 2. The zero-order valence-corrected chi connectivity index (χ0v) is 16.7. The van der Waals surface area contributed by atoms with Crippen LogP contribution < -0.4 is 10.6 Å². The summed E-state index contributed by atoms with van der Waals surface area (Å²) in [7, 11) is 0. The maximum absolute atomic E-state index is 13.8. The van der Waals surface area contributed by atoms with Crippen LogP contribution in [0.3, 0.4) is 0 Å². The summed E-state index contributed by atoms with van der Waals surface area (Å²) in [6.07, 6.45) is 3.67. The number of halogens is 2. The zero-order chi connectivity index (χ0) is 21.2. The number of alkyl carbamates (subject to hydrolysis) is 1. The molecule has 0 bridgehead atoms. The Labute approximate surface area is 167 Å². The van der Waals surface area contributed by atoms with Gasteiger partial charge < -0.3 is 15.4 Å². The number of hydrogen-bond donors (Lipinski definition) is 2. The Morgan fingerprint density at radius 1 is 1.24 bits per heavy atom. The minimum atomic E-state index is -3.35. The highest BCUT2D eigenvalue weighted by atomic mass is 19.3. The van der Waals surface area contributed by atoms with Crippen LogP contribution in [-0.2, 0) is 22.6 Å². The molecule has 2 amide bonds. The van der Waals surface area contributed by atoms with Crippen molar-refractivity contribution in [3.05, 3.63) is 29.7 Å². The first-order valence-electron chi connectivity index (χ1n) is 9.48. The molecule has 1 saturated carbocycles. The first-order valence-corrected chi connectivity index (χ1v) is 9.48. The number of nitrogens with one attached hydrogen (secondary N) is 2. The first-order chi connectivity index (χ1) is 13.5. The number of imidazole rings is 1. The first kappa shape index (κ1) is 20.9. The lowest BCUT2D eigenvalue weighted by atomic mass is 10.1. The smallest absolute Gasteiger partial charge is 0.407 e. The predicted octanol–water partition coefficient (Wildman–Crippen LogP) is 2.81. The molecule has 0 aromatic carbocycles. The van der Waals surface area contributed by atoms with Crippen molar-refractivity contribution in [2.45, 2.75) is 64.6 Å². The summed E-state index contributed by atoms with van der Waals surface area (Å²) in [4.78, 5) is 27.8. The number of amides is 2. The van der Waals surface area contributed by atoms with Gasteiger partial charge in [0.2, 0.25) is 0 Å². The highest BCUT2D eigenvalue weighted by Crippen LogP contribution is 2.39. The van der Waals surface area contributed by atoms with Crippen molar-refractivity contribution in [2.75, 3.05) is 0 Å². The van der Waals surface area contributed by atoms with Crippen molar-refractivity contribution in [1.29, 1.82) is 0 Å². The third-order valence-corrected chi connectivity index (χ3v) is 4.27. The van der Waals surface area contributed by atoms with Crippen molar-refractivity contribution in [2.24, 2.45) is 5.92 Å². The second-order valence-electron chi connectivity index (χ2n) is 8.29. The molecule has 0 unspecified atom stereocenters. The molecule has 2 aromatic heterocycles. The number of hydrogen-bond acceptors (Lipinski definition) is 5.